The van der Waals surface area contributed by atoms with E-state index in [1.807, 2.05) is 19.1 Å². The maximum absolute atomic E-state index is 12.4. The van der Waals surface area contributed by atoms with Gasteiger partial charge in [-0.25, -0.2) is 4.79 Å². The molecule has 0 saturated heterocycles. The second-order valence-electron chi connectivity index (χ2n) is 9.67. The molecule has 0 aliphatic rings. The van der Waals surface area contributed by atoms with E-state index in [0.29, 0.717) is 17.0 Å². The molecule has 1 rings (SSSR count). The van der Waals surface area contributed by atoms with Gasteiger partial charge >= 0.3 is 5.97 Å². The number of hydrogen-bond acceptors (Lipinski definition) is 6. The molecule has 0 fully saturated rings. The molecule has 0 heterocycles. The molecule has 0 spiro atoms. The fraction of sp³-hybridized carbons (Fsp3) is 0.667. The van der Waals surface area contributed by atoms with Gasteiger partial charge in [-0.3, -0.25) is 0 Å². The van der Waals surface area contributed by atoms with Gasteiger partial charge in [0.1, 0.15) is 6.54 Å². The standard InChI is InChI=1S/C21H34N4O4/c1-15(14-22-24(27)19(2,3)4)16-10-12-17(13-11-16)18(26)29-21(8,9)23-25(28)20(5,6)7/h10-13,15H,14H2,1-9H3/b24-22?,25-23-. The number of esters is 1. The summed E-state index contributed by atoms with van der Waals surface area (Å²) in [5.74, 6) is -0.547. The van der Waals surface area contributed by atoms with Crippen LogP contribution in [-0.4, -0.2) is 39.0 Å². The third-order valence-electron chi connectivity index (χ3n) is 4.02. The first-order valence-electron chi connectivity index (χ1n) is 9.71. The number of carbonyl (C=O) groups is 1. The van der Waals surface area contributed by atoms with E-state index in [0.717, 1.165) is 10.4 Å². The number of azo groups is 2. The van der Waals surface area contributed by atoms with Crippen LogP contribution in [0.15, 0.2) is 34.5 Å². The van der Waals surface area contributed by atoms with Gasteiger partial charge in [0.25, 0.3) is 5.72 Å². The summed E-state index contributed by atoms with van der Waals surface area (Å²) in [6.07, 6.45) is 0. The minimum absolute atomic E-state index is 0.0196. The van der Waals surface area contributed by atoms with Crippen molar-refractivity contribution in [3.63, 3.8) is 0 Å². The first-order chi connectivity index (χ1) is 13.0. The Balaban J connectivity index is 2.84. The Kier molecular flexibility index (Phi) is 7.51. The average molecular weight is 407 g/mol. The number of nitrogens with zero attached hydrogens (tertiary/aromatic N) is 4. The van der Waals surface area contributed by atoms with E-state index in [4.69, 9.17) is 4.74 Å². The van der Waals surface area contributed by atoms with Gasteiger partial charge in [-0.1, -0.05) is 28.8 Å². The van der Waals surface area contributed by atoms with Crippen molar-refractivity contribution in [2.75, 3.05) is 6.54 Å². The van der Waals surface area contributed by atoms with Crippen LogP contribution in [0.3, 0.4) is 0 Å². The van der Waals surface area contributed by atoms with Crippen molar-refractivity contribution >= 4 is 5.97 Å². The molecule has 29 heavy (non-hydrogen) atoms. The van der Waals surface area contributed by atoms with E-state index >= 15 is 0 Å². The Morgan fingerprint density at radius 1 is 0.966 bits per heavy atom. The molecule has 0 radical (unpaired) electrons. The Morgan fingerprint density at radius 3 is 1.90 bits per heavy atom. The average Bonchev–Trinajstić information content (AvgIpc) is 2.56. The lowest BCUT2D eigenvalue weighted by Gasteiger charge is -2.22. The summed E-state index contributed by atoms with van der Waals surface area (Å²) in [4.78, 5) is 13.7. The molecule has 0 aliphatic carbocycles. The second-order valence-corrected chi connectivity index (χ2v) is 9.67. The first kappa shape index (κ1) is 24.5. The van der Waals surface area contributed by atoms with Gasteiger partial charge in [0.15, 0.2) is 11.1 Å². The molecule has 0 aromatic heterocycles. The van der Waals surface area contributed by atoms with Crippen molar-refractivity contribution in [3.05, 3.63) is 45.8 Å². The molecule has 0 saturated carbocycles. The zero-order chi connectivity index (χ0) is 22.6. The summed E-state index contributed by atoms with van der Waals surface area (Å²) in [5, 5.41) is 31.9. The fourth-order valence-corrected chi connectivity index (χ4v) is 2.14. The maximum atomic E-state index is 12.4. The van der Waals surface area contributed by atoms with Gasteiger partial charge in [0, 0.05) is 66.4 Å². The molecule has 1 aromatic rings. The van der Waals surface area contributed by atoms with Crippen molar-refractivity contribution < 1.29 is 19.3 Å². The van der Waals surface area contributed by atoms with E-state index in [1.54, 1.807) is 67.5 Å². The van der Waals surface area contributed by atoms with E-state index < -0.39 is 22.8 Å². The topological polar surface area (TPSA) is 103 Å². The van der Waals surface area contributed by atoms with Crippen LogP contribution in [0.1, 0.15) is 84.2 Å². The van der Waals surface area contributed by atoms with Crippen molar-refractivity contribution in [1.29, 1.82) is 0 Å². The SMILES string of the molecule is CC(CN=[N+]([O-])C(C)(C)C)c1ccc(C(=O)OC(C)(C)/N=[N+](\[O-])C(C)(C)C)cc1. The van der Waals surface area contributed by atoms with Crippen LogP contribution >= 0.6 is 0 Å². The largest absolute Gasteiger partial charge is 0.600 e. The summed E-state index contributed by atoms with van der Waals surface area (Å²) in [5.41, 5.74) is -1.28. The van der Waals surface area contributed by atoms with Crippen LogP contribution in [0.25, 0.3) is 0 Å². The van der Waals surface area contributed by atoms with Crippen molar-refractivity contribution in [2.45, 2.75) is 85.0 Å². The van der Waals surface area contributed by atoms with E-state index in [9.17, 15) is 15.2 Å². The number of benzene rings is 1. The predicted molar refractivity (Wildman–Crippen MR) is 111 cm³/mol. The van der Waals surface area contributed by atoms with Crippen LogP contribution < -0.4 is 0 Å². The third kappa shape index (κ3) is 7.79. The van der Waals surface area contributed by atoms with Crippen LogP contribution in [0.5, 0.6) is 0 Å². The van der Waals surface area contributed by atoms with Crippen LogP contribution in [0, 0.1) is 10.4 Å². The van der Waals surface area contributed by atoms with Gasteiger partial charge in [0.05, 0.1) is 5.56 Å². The number of carbonyl (C=O) groups excluding carboxylic acids is 1. The molecule has 0 amide bonds. The molecule has 1 atom stereocenters. The molecule has 0 aliphatic heterocycles. The van der Waals surface area contributed by atoms with E-state index in [-0.39, 0.29) is 5.92 Å². The Labute approximate surface area is 173 Å². The first-order valence-corrected chi connectivity index (χ1v) is 9.71. The van der Waals surface area contributed by atoms with Gasteiger partial charge in [-0.05, 0) is 22.8 Å². The molecule has 8 heteroatoms. The van der Waals surface area contributed by atoms with Gasteiger partial charge < -0.3 is 15.2 Å². The molecule has 162 valence electrons. The summed E-state index contributed by atoms with van der Waals surface area (Å²) in [6, 6.07) is 6.92. The smallest absolute Gasteiger partial charge is 0.340 e. The lowest BCUT2D eigenvalue weighted by molar-refractivity contribution is -0.608. The molecule has 8 nitrogen and oxygen atoms in total. The van der Waals surface area contributed by atoms with E-state index in [1.165, 1.54) is 0 Å². The summed E-state index contributed by atoms with van der Waals surface area (Å²) in [7, 11) is 0. The minimum atomic E-state index is -1.29. The van der Waals surface area contributed by atoms with Gasteiger partial charge in [0.2, 0.25) is 0 Å². The Bertz CT molecular complexity index is 769. The molecule has 1 unspecified atom stereocenters. The normalized spacial score (nSPS) is 15.2. The highest BCUT2D eigenvalue weighted by molar-refractivity contribution is 5.89. The zero-order valence-corrected chi connectivity index (χ0v) is 19.0. The highest BCUT2D eigenvalue weighted by Gasteiger charge is 2.31. The monoisotopic (exact) mass is 406 g/mol. The van der Waals surface area contributed by atoms with Crippen molar-refractivity contribution in [1.82, 2.24) is 0 Å². The number of ether oxygens (including phenoxy) is 1. The Hall–Kier alpha value is -2.51. The van der Waals surface area contributed by atoms with Crippen LogP contribution in [0.4, 0.5) is 0 Å². The quantitative estimate of drug-likeness (QED) is 0.280. The number of rotatable bonds is 6. The second kappa shape index (κ2) is 8.88. The zero-order valence-electron chi connectivity index (χ0n) is 19.0. The number of hydrogen-bond donors (Lipinski definition) is 0. The Morgan fingerprint density at radius 2 is 1.45 bits per heavy atom. The maximum Gasteiger partial charge on any atom is 0.340 e. The lowest BCUT2D eigenvalue weighted by atomic mass is 10.00. The minimum Gasteiger partial charge on any atom is -0.600 e. The third-order valence-corrected chi connectivity index (χ3v) is 4.02. The van der Waals surface area contributed by atoms with Crippen LogP contribution in [0.2, 0.25) is 0 Å². The van der Waals surface area contributed by atoms with Crippen molar-refractivity contribution in [3.8, 4) is 0 Å². The summed E-state index contributed by atoms with van der Waals surface area (Å²) in [6.45, 7) is 16.0. The molecule has 0 bridgehead atoms. The van der Waals surface area contributed by atoms with Crippen molar-refractivity contribution in [2.24, 2.45) is 10.2 Å². The molecular weight excluding hydrogens is 372 g/mol. The fourth-order valence-electron chi connectivity index (χ4n) is 2.14. The van der Waals surface area contributed by atoms with Gasteiger partial charge in [-0.15, -0.1) is 0 Å². The lowest BCUT2D eigenvalue weighted by Crippen LogP contribution is -2.34. The summed E-state index contributed by atoms with van der Waals surface area (Å²) >= 11 is 0. The van der Waals surface area contributed by atoms with Gasteiger partial charge in [-0.2, -0.15) is 0 Å². The predicted octanol–water partition coefficient (Wildman–Crippen LogP) is 5.21. The highest BCUT2D eigenvalue weighted by atomic mass is 16.6. The van der Waals surface area contributed by atoms with E-state index in [2.05, 4.69) is 10.2 Å². The molecular formula is C21H34N4O4. The highest BCUT2D eigenvalue weighted by Crippen LogP contribution is 2.21. The molecule has 1 aromatic carbocycles. The number of hydroxylamine groups is 2. The van der Waals surface area contributed by atoms with Crippen LogP contribution in [-0.2, 0) is 4.74 Å². The summed E-state index contributed by atoms with van der Waals surface area (Å²) < 4.78 is 5.39. The molecule has 0 N–H and O–H groups in total.